The Balaban J connectivity index is 1.91. The zero-order valence-corrected chi connectivity index (χ0v) is 18.7. The van der Waals surface area contributed by atoms with Gasteiger partial charge in [-0.25, -0.2) is 9.07 Å². The van der Waals surface area contributed by atoms with Crippen LogP contribution in [0.5, 0.6) is 0 Å². The van der Waals surface area contributed by atoms with Gasteiger partial charge in [-0.1, -0.05) is 0 Å². The van der Waals surface area contributed by atoms with Crippen LogP contribution in [0.2, 0.25) is 0 Å². The van der Waals surface area contributed by atoms with Gasteiger partial charge in [-0.15, -0.1) is 0 Å². The van der Waals surface area contributed by atoms with Crippen molar-refractivity contribution < 1.29 is 22.9 Å². The summed E-state index contributed by atoms with van der Waals surface area (Å²) in [5.74, 6) is -2.20. The third-order valence-electron chi connectivity index (χ3n) is 5.70. The first kappa shape index (κ1) is 22.4. The fourth-order valence-electron chi connectivity index (χ4n) is 3.15. The maximum atomic E-state index is 14.6. The lowest BCUT2D eigenvalue weighted by Crippen LogP contribution is -2.41. The molecule has 1 aromatic carbocycles. The van der Waals surface area contributed by atoms with Crippen molar-refractivity contribution in [2.75, 3.05) is 5.32 Å². The van der Waals surface area contributed by atoms with Gasteiger partial charge in [-0.05, 0) is 78.5 Å². The summed E-state index contributed by atoms with van der Waals surface area (Å²) in [5, 5.41) is 6.39. The molecule has 0 radical (unpaired) electrons. The van der Waals surface area contributed by atoms with E-state index in [0.29, 0.717) is 11.0 Å². The van der Waals surface area contributed by atoms with E-state index in [-0.39, 0.29) is 11.3 Å². The Morgan fingerprint density at radius 3 is 2.20 bits per heavy atom. The number of anilines is 1. The first-order valence-corrected chi connectivity index (χ1v) is 9.85. The van der Waals surface area contributed by atoms with Gasteiger partial charge >= 0.3 is 7.12 Å². The van der Waals surface area contributed by atoms with Crippen molar-refractivity contribution >= 4 is 24.2 Å². The third-order valence-corrected chi connectivity index (χ3v) is 5.70. The second kappa shape index (κ2) is 7.16. The van der Waals surface area contributed by atoms with Gasteiger partial charge in [0.05, 0.1) is 28.6 Å². The molecule has 1 N–H and O–H groups in total. The molecular formula is C21H28BF2N3O3. The first-order chi connectivity index (χ1) is 13.6. The molecule has 2 aromatic rings. The van der Waals surface area contributed by atoms with Crippen molar-refractivity contribution in [3.63, 3.8) is 0 Å². The Kier molecular flexibility index (Phi) is 5.36. The van der Waals surface area contributed by atoms with E-state index in [1.807, 2.05) is 27.7 Å². The summed E-state index contributed by atoms with van der Waals surface area (Å²) in [5.41, 5.74) is -0.895. The second-order valence-corrected chi connectivity index (χ2v) is 9.66. The summed E-state index contributed by atoms with van der Waals surface area (Å²) >= 11 is 0. The van der Waals surface area contributed by atoms with E-state index in [1.54, 1.807) is 27.7 Å². The largest absolute Gasteiger partial charge is 0.495 e. The van der Waals surface area contributed by atoms with Crippen LogP contribution in [0.3, 0.4) is 0 Å². The van der Waals surface area contributed by atoms with Crippen molar-refractivity contribution in [1.82, 2.24) is 9.78 Å². The number of carbonyl (C=O) groups is 1. The molecule has 30 heavy (non-hydrogen) atoms. The van der Waals surface area contributed by atoms with Crippen LogP contribution < -0.4 is 10.8 Å². The molecule has 0 atom stereocenters. The molecule has 1 aliphatic heterocycles. The molecule has 3 rings (SSSR count). The predicted molar refractivity (Wildman–Crippen MR) is 112 cm³/mol. The van der Waals surface area contributed by atoms with E-state index in [9.17, 15) is 13.6 Å². The molecule has 1 saturated heterocycles. The second-order valence-electron chi connectivity index (χ2n) is 9.66. The van der Waals surface area contributed by atoms with Crippen LogP contribution in [0, 0.1) is 18.7 Å². The zero-order chi connectivity index (χ0) is 22.6. The fourth-order valence-corrected chi connectivity index (χ4v) is 3.15. The number of aryl methyl sites for hydroxylation is 1. The van der Waals surface area contributed by atoms with Gasteiger partial charge in [0, 0.05) is 0 Å². The number of nitrogens with one attached hydrogen (secondary N) is 1. The number of aromatic nitrogens is 2. The van der Waals surface area contributed by atoms with E-state index in [0.717, 1.165) is 10.9 Å². The van der Waals surface area contributed by atoms with Crippen molar-refractivity contribution in [2.24, 2.45) is 0 Å². The van der Waals surface area contributed by atoms with Gasteiger partial charge in [0.25, 0.3) is 5.91 Å². The summed E-state index contributed by atoms with van der Waals surface area (Å²) in [6.07, 6.45) is 1.14. The molecule has 1 amide bonds. The maximum absolute atomic E-state index is 14.6. The van der Waals surface area contributed by atoms with E-state index >= 15 is 0 Å². The van der Waals surface area contributed by atoms with Crippen LogP contribution in [-0.2, 0) is 14.8 Å². The average Bonchev–Trinajstić information content (AvgIpc) is 3.06. The average molecular weight is 419 g/mol. The molecule has 1 aromatic heterocycles. The van der Waals surface area contributed by atoms with Crippen molar-refractivity contribution in [3.8, 4) is 0 Å². The number of halogens is 2. The summed E-state index contributed by atoms with van der Waals surface area (Å²) in [4.78, 5) is 12.6. The summed E-state index contributed by atoms with van der Waals surface area (Å²) in [6, 6.07) is 2.77. The SMILES string of the molecule is Cc1cc(F)c(NC(=O)c2cnn(C(C)(C)C)c2F)cc1B1OC(C)(C)C(C)(C)O1. The summed E-state index contributed by atoms with van der Waals surface area (Å²) < 4.78 is 42.4. The Morgan fingerprint density at radius 1 is 1.13 bits per heavy atom. The van der Waals surface area contributed by atoms with Gasteiger partial charge in [0.1, 0.15) is 11.4 Å². The Morgan fingerprint density at radius 2 is 1.70 bits per heavy atom. The van der Waals surface area contributed by atoms with Crippen molar-refractivity contribution in [1.29, 1.82) is 0 Å². The number of hydrogen-bond donors (Lipinski definition) is 1. The lowest BCUT2D eigenvalue weighted by molar-refractivity contribution is 0.00578. The minimum Gasteiger partial charge on any atom is -0.399 e. The minimum absolute atomic E-state index is 0.0850. The van der Waals surface area contributed by atoms with E-state index < -0.39 is 41.5 Å². The van der Waals surface area contributed by atoms with Gasteiger partial charge in [0.2, 0.25) is 5.95 Å². The highest BCUT2D eigenvalue weighted by Crippen LogP contribution is 2.37. The minimum atomic E-state index is -0.786. The first-order valence-electron chi connectivity index (χ1n) is 9.85. The lowest BCUT2D eigenvalue weighted by Gasteiger charge is -2.32. The van der Waals surface area contributed by atoms with Crippen LogP contribution >= 0.6 is 0 Å². The van der Waals surface area contributed by atoms with Crippen molar-refractivity contribution in [2.45, 2.75) is 72.1 Å². The molecular weight excluding hydrogens is 391 g/mol. The van der Waals surface area contributed by atoms with E-state index in [4.69, 9.17) is 9.31 Å². The highest BCUT2D eigenvalue weighted by Gasteiger charge is 2.52. The quantitative estimate of drug-likeness (QED) is 0.770. The van der Waals surface area contributed by atoms with Gasteiger partial charge in [-0.3, -0.25) is 4.79 Å². The molecule has 0 bridgehead atoms. The van der Waals surface area contributed by atoms with Crippen LogP contribution in [0.1, 0.15) is 64.4 Å². The van der Waals surface area contributed by atoms with Crippen LogP contribution in [0.15, 0.2) is 18.3 Å². The van der Waals surface area contributed by atoms with Crippen LogP contribution in [0.4, 0.5) is 14.5 Å². The monoisotopic (exact) mass is 419 g/mol. The lowest BCUT2D eigenvalue weighted by atomic mass is 9.76. The Bertz CT molecular complexity index is 980. The fraction of sp³-hybridized carbons (Fsp3) is 0.524. The van der Waals surface area contributed by atoms with E-state index in [1.165, 1.54) is 12.1 Å². The number of benzene rings is 1. The molecule has 0 spiro atoms. The van der Waals surface area contributed by atoms with Gasteiger partial charge in [0.15, 0.2) is 0 Å². The predicted octanol–water partition coefficient (Wildman–Crippen LogP) is 3.78. The molecule has 2 heterocycles. The Labute approximate surface area is 176 Å². The highest BCUT2D eigenvalue weighted by molar-refractivity contribution is 6.62. The number of carbonyl (C=O) groups excluding carboxylic acids is 1. The molecule has 1 aliphatic rings. The summed E-state index contributed by atoms with van der Waals surface area (Å²) in [6.45, 7) is 14.7. The smallest absolute Gasteiger partial charge is 0.399 e. The van der Waals surface area contributed by atoms with E-state index in [2.05, 4.69) is 10.4 Å². The molecule has 0 aliphatic carbocycles. The third kappa shape index (κ3) is 3.88. The molecule has 6 nitrogen and oxygen atoms in total. The number of hydrogen-bond acceptors (Lipinski definition) is 4. The van der Waals surface area contributed by atoms with Crippen LogP contribution in [-0.4, -0.2) is 34.0 Å². The molecule has 162 valence electrons. The highest BCUT2D eigenvalue weighted by atomic mass is 19.1. The normalized spacial score (nSPS) is 18.0. The standard InChI is InChI=1S/C21H28BF2N3O3/c1-12-9-15(23)16(10-14(12)22-29-20(5,6)21(7,8)30-22)26-18(28)13-11-25-27(17(13)24)19(2,3)4/h9-11H,1-8H3,(H,26,28). The van der Waals surface area contributed by atoms with Gasteiger partial charge < -0.3 is 14.6 Å². The molecule has 9 heteroatoms. The van der Waals surface area contributed by atoms with Crippen LogP contribution in [0.25, 0.3) is 0 Å². The zero-order valence-electron chi connectivity index (χ0n) is 18.7. The molecule has 0 unspecified atom stereocenters. The maximum Gasteiger partial charge on any atom is 0.495 e. The molecule has 1 fully saturated rings. The number of amides is 1. The topological polar surface area (TPSA) is 65.4 Å². The van der Waals surface area contributed by atoms with Gasteiger partial charge in [-0.2, -0.15) is 9.49 Å². The summed E-state index contributed by atoms with van der Waals surface area (Å²) in [7, 11) is -0.716. The van der Waals surface area contributed by atoms with Crippen molar-refractivity contribution in [3.05, 3.63) is 41.2 Å². The molecule has 0 saturated carbocycles. The number of nitrogens with zero attached hydrogens (tertiary/aromatic N) is 2. The Hall–Kier alpha value is -2.26. The number of rotatable bonds is 3.